The molecule has 0 spiro atoms. The molecule has 150 valence electrons. The minimum absolute atomic E-state index is 0.0331. The van der Waals surface area contributed by atoms with E-state index in [4.69, 9.17) is 11.6 Å². The van der Waals surface area contributed by atoms with Crippen LogP contribution in [-0.2, 0) is 0 Å². The van der Waals surface area contributed by atoms with Crippen molar-refractivity contribution in [2.45, 2.75) is 13.8 Å². The predicted octanol–water partition coefficient (Wildman–Crippen LogP) is 5.60. The first-order valence-electron chi connectivity index (χ1n) is 9.28. The Morgan fingerprint density at radius 3 is 2.53 bits per heavy atom. The smallest absolute Gasteiger partial charge is 0.295 e. The third-order valence-corrected chi connectivity index (χ3v) is 4.84. The zero-order chi connectivity index (χ0) is 21.3. The average molecular weight is 421 g/mol. The van der Waals surface area contributed by atoms with Crippen LogP contribution in [0.5, 0.6) is 0 Å². The zero-order valence-electron chi connectivity index (χ0n) is 16.4. The molecule has 0 radical (unpaired) electrons. The molecule has 1 aromatic heterocycles. The number of benzene rings is 3. The lowest BCUT2D eigenvalue weighted by Crippen LogP contribution is -2.14. The van der Waals surface area contributed by atoms with E-state index in [1.807, 2.05) is 44.2 Å². The van der Waals surface area contributed by atoms with Crippen molar-refractivity contribution in [2.75, 3.05) is 5.32 Å². The van der Waals surface area contributed by atoms with Crippen molar-refractivity contribution >= 4 is 23.2 Å². The lowest BCUT2D eigenvalue weighted by Gasteiger charge is -2.09. The molecule has 1 amide bonds. The molecule has 0 saturated heterocycles. The van der Waals surface area contributed by atoms with Gasteiger partial charge in [0, 0.05) is 16.3 Å². The highest BCUT2D eigenvalue weighted by Gasteiger charge is 2.20. The quantitative estimate of drug-likeness (QED) is 0.467. The van der Waals surface area contributed by atoms with Gasteiger partial charge >= 0.3 is 0 Å². The number of nitrogens with zero attached hydrogens (tertiary/aromatic N) is 3. The second-order valence-electron chi connectivity index (χ2n) is 6.93. The molecule has 30 heavy (non-hydrogen) atoms. The molecule has 1 heterocycles. The maximum atomic E-state index is 13.4. The van der Waals surface area contributed by atoms with Crippen LogP contribution in [0.4, 0.5) is 10.1 Å². The van der Waals surface area contributed by atoms with E-state index in [-0.39, 0.29) is 5.82 Å². The summed E-state index contributed by atoms with van der Waals surface area (Å²) in [6.07, 6.45) is 0. The molecule has 0 bridgehead atoms. The van der Waals surface area contributed by atoms with Gasteiger partial charge in [-0.3, -0.25) is 4.79 Å². The van der Waals surface area contributed by atoms with E-state index in [9.17, 15) is 9.18 Å². The molecule has 4 rings (SSSR count). The highest BCUT2D eigenvalue weighted by atomic mass is 35.5. The first-order chi connectivity index (χ1) is 14.4. The van der Waals surface area contributed by atoms with Crippen molar-refractivity contribution in [2.24, 2.45) is 0 Å². The number of aromatic nitrogens is 3. The minimum Gasteiger partial charge on any atom is -0.319 e. The molecule has 5 nitrogen and oxygen atoms in total. The van der Waals surface area contributed by atoms with Crippen LogP contribution in [0.1, 0.15) is 21.7 Å². The molecular formula is C23H18ClFN4O. The van der Waals surface area contributed by atoms with Gasteiger partial charge in [0.05, 0.1) is 5.69 Å². The normalized spacial score (nSPS) is 10.8. The van der Waals surface area contributed by atoms with E-state index < -0.39 is 11.7 Å². The Labute approximate surface area is 178 Å². The van der Waals surface area contributed by atoms with Gasteiger partial charge in [-0.25, -0.2) is 14.1 Å². The highest BCUT2D eigenvalue weighted by molar-refractivity contribution is 6.30. The van der Waals surface area contributed by atoms with E-state index in [0.29, 0.717) is 16.5 Å². The van der Waals surface area contributed by atoms with Gasteiger partial charge in [-0.1, -0.05) is 53.6 Å². The molecule has 3 aromatic carbocycles. The van der Waals surface area contributed by atoms with Crippen molar-refractivity contribution in [3.05, 3.63) is 94.5 Å². The Morgan fingerprint density at radius 1 is 1.03 bits per heavy atom. The van der Waals surface area contributed by atoms with Gasteiger partial charge in [-0.2, -0.15) is 0 Å². The summed E-state index contributed by atoms with van der Waals surface area (Å²) in [6, 6.07) is 18.9. The summed E-state index contributed by atoms with van der Waals surface area (Å²) in [4.78, 5) is 17.2. The fourth-order valence-electron chi connectivity index (χ4n) is 3.03. The Balaban J connectivity index is 1.80. The second-order valence-corrected chi connectivity index (χ2v) is 7.37. The number of hydrogen-bond acceptors (Lipinski definition) is 3. The van der Waals surface area contributed by atoms with Gasteiger partial charge in [-0.05, 0) is 49.7 Å². The summed E-state index contributed by atoms with van der Waals surface area (Å²) >= 11 is 6.20. The van der Waals surface area contributed by atoms with Gasteiger partial charge in [0.15, 0.2) is 5.82 Å². The number of carbonyl (C=O) groups is 1. The summed E-state index contributed by atoms with van der Waals surface area (Å²) < 4.78 is 15.1. The largest absolute Gasteiger partial charge is 0.319 e. The molecule has 0 saturated carbocycles. The lowest BCUT2D eigenvalue weighted by molar-refractivity contribution is 0.101. The summed E-state index contributed by atoms with van der Waals surface area (Å²) in [7, 11) is 0. The number of rotatable bonds is 4. The topological polar surface area (TPSA) is 59.8 Å². The minimum atomic E-state index is -0.535. The van der Waals surface area contributed by atoms with Crippen molar-refractivity contribution in [3.63, 3.8) is 0 Å². The number of amides is 1. The summed E-state index contributed by atoms with van der Waals surface area (Å²) in [5, 5.41) is 7.62. The molecule has 7 heteroatoms. The van der Waals surface area contributed by atoms with Crippen LogP contribution in [0, 0.1) is 19.7 Å². The second kappa shape index (κ2) is 8.08. The first-order valence-corrected chi connectivity index (χ1v) is 9.66. The predicted molar refractivity (Wildman–Crippen MR) is 116 cm³/mol. The number of halogens is 2. The van der Waals surface area contributed by atoms with Crippen LogP contribution in [-0.4, -0.2) is 20.7 Å². The van der Waals surface area contributed by atoms with Crippen LogP contribution < -0.4 is 5.32 Å². The lowest BCUT2D eigenvalue weighted by atomic mass is 10.1. The van der Waals surface area contributed by atoms with Crippen molar-refractivity contribution < 1.29 is 9.18 Å². The molecule has 0 aliphatic rings. The maximum absolute atomic E-state index is 13.4. The van der Waals surface area contributed by atoms with E-state index >= 15 is 0 Å². The van der Waals surface area contributed by atoms with Crippen molar-refractivity contribution in [1.29, 1.82) is 0 Å². The van der Waals surface area contributed by atoms with Crippen molar-refractivity contribution in [1.82, 2.24) is 14.8 Å². The van der Waals surface area contributed by atoms with Crippen LogP contribution in [0.15, 0.2) is 66.7 Å². The van der Waals surface area contributed by atoms with Crippen LogP contribution in [0.2, 0.25) is 5.02 Å². The third-order valence-electron chi connectivity index (χ3n) is 4.60. The SMILES string of the molecule is Cc1ccc(-c2nc(C(=O)Nc3cccc(F)c3)nn2-c2cc(Cl)ccc2C)cc1. The van der Waals surface area contributed by atoms with E-state index in [2.05, 4.69) is 15.4 Å². The molecule has 0 unspecified atom stereocenters. The van der Waals surface area contributed by atoms with Gasteiger partial charge in [0.25, 0.3) is 5.91 Å². The van der Waals surface area contributed by atoms with Gasteiger partial charge in [0.1, 0.15) is 5.82 Å². The number of hydrogen-bond donors (Lipinski definition) is 1. The molecule has 0 aliphatic carbocycles. The molecule has 1 N–H and O–H groups in total. The van der Waals surface area contributed by atoms with Gasteiger partial charge in [-0.15, -0.1) is 5.10 Å². The number of nitrogens with one attached hydrogen (secondary N) is 1. The molecule has 0 aliphatic heterocycles. The third kappa shape index (κ3) is 4.09. The fraction of sp³-hybridized carbons (Fsp3) is 0.0870. The Morgan fingerprint density at radius 2 is 1.80 bits per heavy atom. The Hall–Kier alpha value is -3.51. The van der Waals surface area contributed by atoms with E-state index in [1.165, 1.54) is 18.2 Å². The number of aryl methyl sites for hydroxylation is 2. The standard InChI is InChI=1S/C23H18ClFN4O/c1-14-6-9-16(10-7-14)22-27-21(23(30)26-19-5-3-4-18(25)13-19)28-29(22)20-12-17(24)11-8-15(20)2/h3-13H,1-2H3,(H,26,30). The Bertz CT molecular complexity index is 1230. The molecule has 4 aromatic rings. The monoisotopic (exact) mass is 420 g/mol. The first kappa shape index (κ1) is 19.8. The summed E-state index contributed by atoms with van der Waals surface area (Å²) in [5.74, 6) is -0.507. The molecule has 0 atom stereocenters. The molecule has 0 fully saturated rings. The maximum Gasteiger partial charge on any atom is 0.295 e. The fourth-order valence-corrected chi connectivity index (χ4v) is 3.20. The highest BCUT2D eigenvalue weighted by Crippen LogP contribution is 2.26. The average Bonchev–Trinajstić information content (AvgIpc) is 3.16. The summed E-state index contributed by atoms with van der Waals surface area (Å²) in [6.45, 7) is 3.92. The van der Waals surface area contributed by atoms with E-state index in [1.54, 1.807) is 22.9 Å². The van der Waals surface area contributed by atoms with Gasteiger partial charge < -0.3 is 5.32 Å². The number of anilines is 1. The van der Waals surface area contributed by atoms with Crippen LogP contribution in [0.25, 0.3) is 17.1 Å². The Kier molecular flexibility index (Phi) is 5.33. The van der Waals surface area contributed by atoms with Crippen LogP contribution in [0.3, 0.4) is 0 Å². The zero-order valence-corrected chi connectivity index (χ0v) is 17.1. The molecular weight excluding hydrogens is 403 g/mol. The number of carbonyl (C=O) groups excluding carboxylic acids is 1. The van der Waals surface area contributed by atoms with Crippen molar-refractivity contribution in [3.8, 4) is 17.1 Å². The van der Waals surface area contributed by atoms with E-state index in [0.717, 1.165) is 22.4 Å². The summed E-state index contributed by atoms with van der Waals surface area (Å²) in [5.41, 5.74) is 3.88. The van der Waals surface area contributed by atoms with Crippen LogP contribution >= 0.6 is 11.6 Å². The van der Waals surface area contributed by atoms with Gasteiger partial charge in [0.2, 0.25) is 5.82 Å².